The minimum Gasteiger partial charge on any atom is -0.481 e. The summed E-state index contributed by atoms with van der Waals surface area (Å²) in [6.45, 7) is 6.12. The van der Waals surface area contributed by atoms with Gasteiger partial charge in [0.1, 0.15) is 11.5 Å². The van der Waals surface area contributed by atoms with Crippen molar-refractivity contribution >= 4 is 23.5 Å². The molecule has 1 heterocycles. The largest absolute Gasteiger partial charge is 0.481 e. The van der Waals surface area contributed by atoms with Crippen LogP contribution in [0, 0.1) is 5.92 Å². The molecule has 0 saturated heterocycles. The summed E-state index contributed by atoms with van der Waals surface area (Å²) in [5.41, 5.74) is 0.154. The van der Waals surface area contributed by atoms with Gasteiger partial charge in [-0.05, 0) is 12.3 Å². The van der Waals surface area contributed by atoms with Crippen molar-refractivity contribution in [2.24, 2.45) is 5.92 Å². The Bertz CT molecular complexity index is 520. The summed E-state index contributed by atoms with van der Waals surface area (Å²) in [4.78, 5) is 30.8. The topological polar surface area (TPSA) is 92.2 Å². The number of amides is 1. The molecule has 7 heteroatoms. The SMILES string of the molecule is CC(CCC(=O)O)CNC(=O)c1nc(C(C)C)ncc1Cl. The predicted molar refractivity (Wildman–Crippen MR) is 79.5 cm³/mol. The summed E-state index contributed by atoms with van der Waals surface area (Å²) >= 11 is 5.95. The van der Waals surface area contributed by atoms with Crippen molar-refractivity contribution in [3.63, 3.8) is 0 Å². The molecule has 0 aliphatic carbocycles. The summed E-state index contributed by atoms with van der Waals surface area (Å²) < 4.78 is 0. The first-order chi connectivity index (χ1) is 9.81. The van der Waals surface area contributed by atoms with E-state index in [4.69, 9.17) is 16.7 Å². The molecule has 0 aromatic carbocycles. The van der Waals surface area contributed by atoms with Crippen molar-refractivity contribution in [3.05, 3.63) is 22.7 Å². The molecule has 0 bridgehead atoms. The van der Waals surface area contributed by atoms with Gasteiger partial charge in [-0.3, -0.25) is 9.59 Å². The molecule has 2 N–H and O–H groups in total. The van der Waals surface area contributed by atoms with E-state index >= 15 is 0 Å². The third-order valence-corrected chi connectivity index (χ3v) is 3.23. The van der Waals surface area contributed by atoms with Gasteiger partial charge in [-0.1, -0.05) is 32.4 Å². The number of nitrogens with one attached hydrogen (secondary N) is 1. The normalized spacial score (nSPS) is 12.2. The standard InChI is InChI=1S/C14H20ClN3O3/c1-8(2)13-16-7-10(15)12(18-13)14(21)17-6-9(3)4-5-11(19)20/h7-9H,4-6H2,1-3H3,(H,17,21)(H,19,20). The van der Waals surface area contributed by atoms with Crippen LogP contribution >= 0.6 is 11.6 Å². The number of hydrogen-bond donors (Lipinski definition) is 2. The average molecular weight is 314 g/mol. The highest BCUT2D eigenvalue weighted by atomic mass is 35.5. The number of carbonyl (C=O) groups excluding carboxylic acids is 1. The molecule has 0 saturated carbocycles. The van der Waals surface area contributed by atoms with Crippen LogP contribution in [0.15, 0.2) is 6.20 Å². The van der Waals surface area contributed by atoms with E-state index in [-0.39, 0.29) is 34.9 Å². The Kier molecular flexibility index (Phi) is 6.55. The van der Waals surface area contributed by atoms with Crippen molar-refractivity contribution in [3.8, 4) is 0 Å². The fourth-order valence-corrected chi connectivity index (χ4v) is 1.82. The van der Waals surface area contributed by atoms with Gasteiger partial charge < -0.3 is 10.4 Å². The van der Waals surface area contributed by atoms with Crippen LogP contribution in [0.25, 0.3) is 0 Å². The van der Waals surface area contributed by atoms with Crippen LogP contribution in [0.4, 0.5) is 0 Å². The first-order valence-corrected chi connectivity index (χ1v) is 7.21. The number of nitrogens with zero attached hydrogens (tertiary/aromatic N) is 2. The van der Waals surface area contributed by atoms with Gasteiger partial charge in [-0.15, -0.1) is 0 Å². The molecular weight excluding hydrogens is 294 g/mol. The summed E-state index contributed by atoms with van der Waals surface area (Å²) in [6.07, 6.45) is 2.01. The van der Waals surface area contributed by atoms with Gasteiger partial charge in [0, 0.05) is 18.9 Å². The first-order valence-electron chi connectivity index (χ1n) is 6.83. The number of halogens is 1. The highest BCUT2D eigenvalue weighted by Crippen LogP contribution is 2.16. The van der Waals surface area contributed by atoms with E-state index in [0.717, 1.165) is 0 Å². The molecule has 1 atom stereocenters. The fraction of sp³-hybridized carbons (Fsp3) is 0.571. The van der Waals surface area contributed by atoms with Gasteiger partial charge in [0.25, 0.3) is 5.91 Å². The molecule has 116 valence electrons. The van der Waals surface area contributed by atoms with Crippen molar-refractivity contribution in [1.82, 2.24) is 15.3 Å². The third kappa shape index (κ3) is 5.67. The average Bonchev–Trinajstić information content (AvgIpc) is 2.42. The van der Waals surface area contributed by atoms with Crippen LogP contribution in [0.1, 0.15) is 55.8 Å². The summed E-state index contributed by atoms with van der Waals surface area (Å²) in [7, 11) is 0. The van der Waals surface area contributed by atoms with Crippen LogP contribution < -0.4 is 5.32 Å². The third-order valence-electron chi connectivity index (χ3n) is 2.96. The highest BCUT2D eigenvalue weighted by molar-refractivity contribution is 6.33. The Morgan fingerprint density at radius 1 is 1.38 bits per heavy atom. The van der Waals surface area contributed by atoms with Crippen molar-refractivity contribution < 1.29 is 14.7 Å². The van der Waals surface area contributed by atoms with Crippen LogP contribution in [0.3, 0.4) is 0 Å². The Balaban J connectivity index is 2.63. The number of aromatic nitrogens is 2. The van der Waals surface area contributed by atoms with Crippen LogP contribution in [-0.2, 0) is 4.79 Å². The number of rotatable bonds is 7. The maximum Gasteiger partial charge on any atom is 0.303 e. The van der Waals surface area contributed by atoms with E-state index in [9.17, 15) is 9.59 Å². The predicted octanol–water partition coefficient (Wildman–Crippen LogP) is 2.48. The summed E-state index contributed by atoms with van der Waals surface area (Å²) in [5, 5.41) is 11.5. The Morgan fingerprint density at radius 3 is 2.62 bits per heavy atom. The lowest BCUT2D eigenvalue weighted by Crippen LogP contribution is -2.30. The van der Waals surface area contributed by atoms with Gasteiger partial charge >= 0.3 is 5.97 Å². The zero-order valence-electron chi connectivity index (χ0n) is 12.4. The quantitative estimate of drug-likeness (QED) is 0.806. The lowest BCUT2D eigenvalue weighted by Gasteiger charge is -2.12. The van der Waals surface area contributed by atoms with Crippen LogP contribution in [-0.4, -0.2) is 33.5 Å². The Labute approximate surface area is 128 Å². The van der Waals surface area contributed by atoms with Gasteiger partial charge in [-0.25, -0.2) is 9.97 Å². The Hall–Kier alpha value is -1.69. The van der Waals surface area contributed by atoms with E-state index < -0.39 is 5.97 Å². The van der Waals surface area contributed by atoms with E-state index in [1.165, 1.54) is 6.20 Å². The molecule has 1 aromatic rings. The second kappa shape index (κ2) is 7.93. The second-order valence-electron chi connectivity index (χ2n) is 5.33. The van der Waals surface area contributed by atoms with Crippen molar-refractivity contribution in [1.29, 1.82) is 0 Å². The number of carbonyl (C=O) groups is 2. The van der Waals surface area contributed by atoms with Gasteiger partial charge in [-0.2, -0.15) is 0 Å². The number of carboxylic acid groups (broad SMARTS) is 1. The van der Waals surface area contributed by atoms with Crippen molar-refractivity contribution in [2.45, 2.75) is 39.5 Å². The molecular formula is C14H20ClN3O3. The monoisotopic (exact) mass is 313 g/mol. The second-order valence-corrected chi connectivity index (χ2v) is 5.73. The minimum atomic E-state index is -0.839. The molecule has 6 nitrogen and oxygen atoms in total. The van der Waals surface area contributed by atoms with Gasteiger partial charge in [0.2, 0.25) is 0 Å². The molecule has 1 aromatic heterocycles. The molecule has 0 radical (unpaired) electrons. The van der Waals surface area contributed by atoms with E-state index in [0.29, 0.717) is 18.8 Å². The molecule has 0 aliphatic heterocycles. The lowest BCUT2D eigenvalue weighted by atomic mass is 10.1. The molecule has 0 spiro atoms. The lowest BCUT2D eigenvalue weighted by molar-refractivity contribution is -0.137. The summed E-state index contributed by atoms with van der Waals surface area (Å²) in [6, 6.07) is 0. The minimum absolute atomic E-state index is 0.0650. The maximum atomic E-state index is 12.1. The van der Waals surface area contributed by atoms with Gasteiger partial charge in [0.05, 0.1) is 11.2 Å². The smallest absolute Gasteiger partial charge is 0.303 e. The van der Waals surface area contributed by atoms with Crippen molar-refractivity contribution in [2.75, 3.05) is 6.54 Å². The van der Waals surface area contributed by atoms with Gasteiger partial charge in [0.15, 0.2) is 0 Å². The molecule has 21 heavy (non-hydrogen) atoms. The number of hydrogen-bond acceptors (Lipinski definition) is 4. The molecule has 1 amide bonds. The highest BCUT2D eigenvalue weighted by Gasteiger charge is 2.16. The maximum absolute atomic E-state index is 12.1. The van der Waals surface area contributed by atoms with Crippen LogP contribution in [0.2, 0.25) is 5.02 Å². The summed E-state index contributed by atoms with van der Waals surface area (Å²) in [5.74, 6) is -0.484. The first kappa shape index (κ1) is 17.4. The van der Waals surface area contributed by atoms with E-state index in [2.05, 4.69) is 15.3 Å². The molecule has 1 unspecified atom stereocenters. The molecule has 0 fully saturated rings. The number of aliphatic carboxylic acids is 1. The zero-order valence-corrected chi connectivity index (χ0v) is 13.1. The zero-order chi connectivity index (χ0) is 16.0. The Morgan fingerprint density at radius 2 is 2.05 bits per heavy atom. The van der Waals surface area contributed by atoms with E-state index in [1.54, 1.807) is 0 Å². The van der Waals surface area contributed by atoms with E-state index in [1.807, 2.05) is 20.8 Å². The molecule has 1 rings (SSSR count). The molecule has 0 aliphatic rings. The fourth-order valence-electron chi connectivity index (χ4n) is 1.64. The number of carboxylic acids is 1. The van der Waals surface area contributed by atoms with Crippen LogP contribution in [0.5, 0.6) is 0 Å².